The molecule has 5 heteroatoms. The molecule has 1 aliphatic carbocycles. The van der Waals surface area contributed by atoms with Crippen LogP contribution in [0.5, 0.6) is 0 Å². The zero-order valence-electron chi connectivity index (χ0n) is 12.3. The Morgan fingerprint density at radius 3 is 2.75 bits per heavy atom. The average molecular weight is 296 g/mol. The minimum Gasteiger partial charge on any atom is -0.369 e. The lowest BCUT2D eigenvalue weighted by Crippen LogP contribution is -2.45. The third-order valence-electron chi connectivity index (χ3n) is 3.68. The molecular weight excluding hydrogens is 274 g/mol. The number of pyridine rings is 1. The van der Waals surface area contributed by atoms with E-state index < -0.39 is 0 Å². The molecule has 0 unspecified atom stereocenters. The summed E-state index contributed by atoms with van der Waals surface area (Å²) in [7, 11) is 0. The van der Waals surface area contributed by atoms with Gasteiger partial charge in [-0.2, -0.15) is 0 Å². The van der Waals surface area contributed by atoms with E-state index in [1.807, 2.05) is 0 Å². The summed E-state index contributed by atoms with van der Waals surface area (Å²) >= 11 is 6.15. The second-order valence-electron chi connectivity index (χ2n) is 5.93. The number of carbonyl (C=O) groups excluding carboxylic acids is 1. The standard InChI is InChI=1S/C15H22ClN3O/c1-4-7-17-13-12(16)8-10(9-18-13)14(20)19-15(2,3)11-5-6-11/h8-9,11H,4-7H2,1-3H3,(H,17,18)(H,19,20). The second kappa shape index (κ2) is 6.00. The Bertz CT molecular complexity index is 498. The molecule has 0 aliphatic heterocycles. The molecule has 1 saturated carbocycles. The minimum absolute atomic E-state index is 0.113. The summed E-state index contributed by atoms with van der Waals surface area (Å²) < 4.78 is 0. The molecule has 20 heavy (non-hydrogen) atoms. The molecule has 1 aliphatic rings. The summed E-state index contributed by atoms with van der Waals surface area (Å²) in [5.41, 5.74) is 0.341. The van der Waals surface area contributed by atoms with E-state index in [-0.39, 0.29) is 11.4 Å². The van der Waals surface area contributed by atoms with Crippen molar-refractivity contribution < 1.29 is 4.79 Å². The van der Waals surface area contributed by atoms with Gasteiger partial charge >= 0.3 is 0 Å². The van der Waals surface area contributed by atoms with E-state index in [1.165, 1.54) is 12.8 Å². The maximum atomic E-state index is 12.2. The van der Waals surface area contributed by atoms with Gasteiger partial charge in [0, 0.05) is 18.3 Å². The number of amides is 1. The van der Waals surface area contributed by atoms with Crippen LogP contribution in [0.4, 0.5) is 5.82 Å². The monoisotopic (exact) mass is 295 g/mol. The third-order valence-corrected chi connectivity index (χ3v) is 3.97. The minimum atomic E-state index is -0.164. The van der Waals surface area contributed by atoms with E-state index >= 15 is 0 Å². The summed E-state index contributed by atoms with van der Waals surface area (Å²) in [6, 6.07) is 1.67. The van der Waals surface area contributed by atoms with Crippen LogP contribution >= 0.6 is 11.6 Å². The summed E-state index contributed by atoms with van der Waals surface area (Å²) in [6.45, 7) is 7.01. The van der Waals surface area contributed by atoms with Crippen molar-refractivity contribution in [2.75, 3.05) is 11.9 Å². The largest absolute Gasteiger partial charge is 0.369 e. The predicted octanol–water partition coefficient (Wildman–Crippen LogP) is 3.48. The van der Waals surface area contributed by atoms with Gasteiger partial charge in [0.1, 0.15) is 5.82 Å². The van der Waals surface area contributed by atoms with Crippen LogP contribution in [0.15, 0.2) is 12.3 Å². The molecule has 1 aromatic rings. The lowest BCUT2D eigenvalue weighted by Gasteiger charge is -2.26. The SMILES string of the molecule is CCCNc1ncc(C(=O)NC(C)(C)C2CC2)cc1Cl. The Kier molecular flexibility index (Phi) is 4.53. The summed E-state index contributed by atoms with van der Waals surface area (Å²) in [5, 5.41) is 6.68. The van der Waals surface area contributed by atoms with Gasteiger partial charge in [-0.25, -0.2) is 4.98 Å². The first-order chi connectivity index (χ1) is 9.44. The number of hydrogen-bond donors (Lipinski definition) is 2. The number of nitrogens with one attached hydrogen (secondary N) is 2. The van der Waals surface area contributed by atoms with Crippen molar-refractivity contribution in [3.05, 3.63) is 22.8 Å². The van der Waals surface area contributed by atoms with Crippen molar-refractivity contribution >= 4 is 23.3 Å². The van der Waals surface area contributed by atoms with Crippen molar-refractivity contribution in [3.8, 4) is 0 Å². The van der Waals surface area contributed by atoms with Gasteiger partial charge < -0.3 is 10.6 Å². The molecule has 0 spiro atoms. The number of carbonyl (C=O) groups is 1. The third kappa shape index (κ3) is 3.63. The Morgan fingerprint density at radius 1 is 1.50 bits per heavy atom. The molecule has 0 aromatic carbocycles. The van der Waals surface area contributed by atoms with Crippen LogP contribution in [0.1, 0.15) is 50.4 Å². The number of anilines is 1. The first kappa shape index (κ1) is 15.1. The molecule has 2 rings (SSSR count). The van der Waals surface area contributed by atoms with Gasteiger partial charge in [0.15, 0.2) is 0 Å². The van der Waals surface area contributed by atoms with Crippen LogP contribution in [0, 0.1) is 5.92 Å². The van der Waals surface area contributed by atoms with Gasteiger partial charge in [-0.3, -0.25) is 4.79 Å². The second-order valence-corrected chi connectivity index (χ2v) is 6.34. The fourth-order valence-electron chi connectivity index (χ4n) is 2.21. The van der Waals surface area contributed by atoms with Crippen LogP contribution in [-0.4, -0.2) is 23.0 Å². The van der Waals surface area contributed by atoms with Gasteiger partial charge in [-0.1, -0.05) is 18.5 Å². The molecule has 4 nitrogen and oxygen atoms in total. The van der Waals surface area contributed by atoms with Gasteiger partial charge in [0.25, 0.3) is 5.91 Å². The Morgan fingerprint density at radius 2 is 2.20 bits per heavy atom. The molecule has 1 fully saturated rings. The number of halogens is 1. The van der Waals surface area contributed by atoms with Crippen LogP contribution in [0.2, 0.25) is 5.02 Å². The molecule has 110 valence electrons. The Balaban J connectivity index is 2.04. The molecule has 0 bridgehead atoms. The molecule has 0 atom stereocenters. The normalized spacial score (nSPS) is 15.0. The van der Waals surface area contributed by atoms with Gasteiger partial charge in [0.05, 0.1) is 10.6 Å². The summed E-state index contributed by atoms with van der Waals surface area (Å²) in [6.07, 6.45) is 4.94. The van der Waals surface area contributed by atoms with Crippen LogP contribution in [0.3, 0.4) is 0 Å². The van der Waals surface area contributed by atoms with E-state index in [0.29, 0.717) is 22.3 Å². The Labute approximate surface area is 125 Å². The molecule has 2 N–H and O–H groups in total. The molecule has 1 amide bonds. The molecular formula is C15H22ClN3O. The van der Waals surface area contributed by atoms with E-state index in [4.69, 9.17) is 11.6 Å². The van der Waals surface area contributed by atoms with Crippen molar-refractivity contribution in [3.63, 3.8) is 0 Å². The van der Waals surface area contributed by atoms with E-state index in [2.05, 4.69) is 36.4 Å². The lowest BCUT2D eigenvalue weighted by molar-refractivity contribution is 0.0903. The first-order valence-electron chi connectivity index (χ1n) is 7.16. The number of hydrogen-bond acceptors (Lipinski definition) is 3. The van der Waals surface area contributed by atoms with E-state index in [1.54, 1.807) is 12.3 Å². The van der Waals surface area contributed by atoms with E-state index in [0.717, 1.165) is 13.0 Å². The average Bonchev–Trinajstić information content (AvgIpc) is 3.21. The van der Waals surface area contributed by atoms with Gasteiger partial charge in [-0.15, -0.1) is 0 Å². The highest BCUT2D eigenvalue weighted by Crippen LogP contribution is 2.39. The Hall–Kier alpha value is -1.29. The highest BCUT2D eigenvalue weighted by molar-refractivity contribution is 6.33. The zero-order valence-corrected chi connectivity index (χ0v) is 13.0. The van der Waals surface area contributed by atoms with Crippen LogP contribution < -0.4 is 10.6 Å². The van der Waals surface area contributed by atoms with Crippen molar-refractivity contribution in [1.29, 1.82) is 0 Å². The van der Waals surface area contributed by atoms with Crippen LogP contribution in [-0.2, 0) is 0 Å². The smallest absolute Gasteiger partial charge is 0.253 e. The quantitative estimate of drug-likeness (QED) is 0.845. The summed E-state index contributed by atoms with van der Waals surface area (Å²) in [5.74, 6) is 1.10. The highest BCUT2D eigenvalue weighted by Gasteiger charge is 2.38. The topological polar surface area (TPSA) is 54.0 Å². The zero-order chi connectivity index (χ0) is 14.8. The molecule has 1 aromatic heterocycles. The number of aromatic nitrogens is 1. The predicted molar refractivity (Wildman–Crippen MR) is 82.3 cm³/mol. The molecule has 1 heterocycles. The fraction of sp³-hybridized carbons (Fsp3) is 0.600. The van der Waals surface area contributed by atoms with Crippen molar-refractivity contribution in [2.24, 2.45) is 5.92 Å². The van der Waals surface area contributed by atoms with Crippen molar-refractivity contribution in [1.82, 2.24) is 10.3 Å². The van der Waals surface area contributed by atoms with E-state index in [9.17, 15) is 4.79 Å². The van der Waals surface area contributed by atoms with Crippen molar-refractivity contribution in [2.45, 2.75) is 45.6 Å². The maximum absolute atomic E-state index is 12.2. The lowest BCUT2D eigenvalue weighted by atomic mass is 9.98. The summed E-state index contributed by atoms with van der Waals surface area (Å²) in [4.78, 5) is 16.5. The molecule has 0 radical (unpaired) electrons. The maximum Gasteiger partial charge on any atom is 0.253 e. The van der Waals surface area contributed by atoms with Gasteiger partial charge in [0.2, 0.25) is 0 Å². The number of nitrogens with zero attached hydrogens (tertiary/aromatic N) is 1. The first-order valence-corrected chi connectivity index (χ1v) is 7.53. The van der Waals surface area contributed by atoms with Crippen LogP contribution in [0.25, 0.3) is 0 Å². The number of rotatable bonds is 6. The molecule has 0 saturated heterocycles. The fourth-order valence-corrected chi connectivity index (χ4v) is 2.44. The van der Waals surface area contributed by atoms with Gasteiger partial charge in [-0.05, 0) is 45.1 Å². The highest BCUT2D eigenvalue weighted by atomic mass is 35.5.